The fourth-order valence-electron chi connectivity index (χ4n) is 3.51. The topological polar surface area (TPSA) is 59.6 Å². The first kappa shape index (κ1) is 16.0. The van der Waals surface area contributed by atoms with E-state index >= 15 is 0 Å². The van der Waals surface area contributed by atoms with Crippen LogP contribution in [0.3, 0.4) is 0 Å². The van der Waals surface area contributed by atoms with Crippen LogP contribution in [0.25, 0.3) is 0 Å². The average molecular weight is 305 g/mol. The molecule has 2 saturated heterocycles. The lowest BCUT2D eigenvalue weighted by molar-refractivity contribution is -0.125. The molecule has 3 fully saturated rings. The summed E-state index contributed by atoms with van der Waals surface area (Å²) in [5.41, 5.74) is 0. The van der Waals surface area contributed by atoms with Crippen LogP contribution in [0.4, 0.5) is 0 Å². The lowest BCUT2D eigenvalue weighted by Crippen LogP contribution is -2.47. The van der Waals surface area contributed by atoms with Crippen LogP contribution in [0.2, 0.25) is 0 Å². The smallest absolute Gasteiger partial charge is 0.237 e. The summed E-state index contributed by atoms with van der Waals surface area (Å²) in [6.45, 7) is 2.44. The Kier molecular flexibility index (Phi) is 6.08. The number of amides is 1. The van der Waals surface area contributed by atoms with Crippen molar-refractivity contribution in [3.05, 3.63) is 0 Å². The molecular formula is C14H25ClN2O3. The van der Waals surface area contributed by atoms with E-state index < -0.39 is 0 Å². The normalized spacial score (nSPS) is 36.8. The Labute approximate surface area is 126 Å². The van der Waals surface area contributed by atoms with Gasteiger partial charge in [-0.05, 0) is 25.2 Å². The molecular weight excluding hydrogens is 280 g/mol. The molecule has 0 spiro atoms. The van der Waals surface area contributed by atoms with Crippen molar-refractivity contribution in [2.75, 3.05) is 26.4 Å². The Balaban J connectivity index is 0.00000147. The predicted octanol–water partition coefficient (Wildman–Crippen LogP) is 0.860. The molecule has 3 rings (SSSR count). The number of hydrogen-bond acceptors (Lipinski definition) is 4. The average Bonchev–Trinajstić information content (AvgIpc) is 2.90. The number of halogens is 1. The van der Waals surface area contributed by atoms with Gasteiger partial charge in [-0.1, -0.05) is 12.8 Å². The van der Waals surface area contributed by atoms with E-state index in [0.717, 1.165) is 6.42 Å². The summed E-state index contributed by atoms with van der Waals surface area (Å²) >= 11 is 0. The van der Waals surface area contributed by atoms with Gasteiger partial charge in [0.1, 0.15) is 0 Å². The Morgan fingerprint density at radius 3 is 2.85 bits per heavy atom. The highest BCUT2D eigenvalue weighted by atomic mass is 35.5. The third-order valence-corrected chi connectivity index (χ3v) is 4.57. The van der Waals surface area contributed by atoms with Crippen LogP contribution in [-0.2, 0) is 14.3 Å². The van der Waals surface area contributed by atoms with E-state index in [1.807, 2.05) is 0 Å². The van der Waals surface area contributed by atoms with Gasteiger partial charge in [0.2, 0.25) is 5.91 Å². The second-order valence-electron chi connectivity index (χ2n) is 5.92. The zero-order valence-electron chi connectivity index (χ0n) is 11.8. The largest absolute Gasteiger partial charge is 0.376 e. The molecule has 1 aliphatic carbocycles. The van der Waals surface area contributed by atoms with Crippen LogP contribution in [-0.4, -0.2) is 50.5 Å². The van der Waals surface area contributed by atoms with Crippen molar-refractivity contribution in [2.24, 2.45) is 5.92 Å². The fourth-order valence-corrected chi connectivity index (χ4v) is 3.51. The van der Waals surface area contributed by atoms with Crippen LogP contribution in [0.5, 0.6) is 0 Å². The van der Waals surface area contributed by atoms with Crippen molar-refractivity contribution in [2.45, 2.75) is 50.3 Å². The second kappa shape index (κ2) is 7.59. The van der Waals surface area contributed by atoms with Gasteiger partial charge in [0.25, 0.3) is 0 Å². The first-order chi connectivity index (χ1) is 9.33. The fraction of sp³-hybridized carbons (Fsp3) is 0.929. The summed E-state index contributed by atoms with van der Waals surface area (Å²) < 4.78 is 10.9. The quantitative estimate of drug-likeness (QED) is 0.812. The van der Waals surface area contributed by atoms with Crippen LogP contribution in [0.1, 0.15) is 32.1 Å². The molecule has 0 radical (unpaired) electrons. The number of nitrogens with one attached hydrogen (secondary N) is 2. The van der Waals surface area contributed by atoms with Crippen LogP contribution in [0, 0.1) is 5.92 Å². The van der Waals surface area contributed by atoms with E-state index in [1.165, 1.54) is 25.7 Å². The lowest BCUT2D eigenvalue weighted by atomic mass is 9.85. The highest BCUT2D eigenvalue weighted by Crippen LogP contribution is 2.33. The van der Waals surface area contributed by atoms with E-state index in [-0.39, 0.29) is 30.5 Å². The maximum atomic E-state index is 12.2. The first-order valence-corrected chi connectivity index (χ1v) is 7.56. The van der Waals surface area contributed by atoms with Crippen molar-refractivity contribution >= 4 is 18.3 Å². The molecule has 0 bridgehead atoms. The van der Waals surface area contributed by atoms with E-state index in [4.69, 9.17) is 9.47 Å². The van der Waals surface area contributed by atoms with E-state index in [0.29, 0.717) is 38.3 Å². The summed E-state index contributed by atoms with van der Waals surface area (Å²) in [5, 5.41) is 6.49. The SMILES string of the molecule is Cl.O=C(NCC1COCCO1)C1CC2CCCCC2N1. The molecule has 0 aromatic heterocycles. The summed E-state index contributed by atoms with van der Waals surface area (Å²) in [4.78, 5) is 12.2. The van der Waals surface area contributed by atoms with Crippen molar-refractivity contribution < 1.29 is 14.3 Å². The van der Waals surface area contributed by atoms with Crippen molar-refractivity contribution in [3.63, 3.8) is 0 Å². The third-order valence-electron chi connectivity index (χ3n) is 4.57. The molecule has 116 valence electrons. The van der Waals surface area contributed by atoms with Gasteiger partial charge in [0, 0.05) is 12.6 Å². The molecule has 1 amide bonds. The number of hydrogen-bond donors (Lipinski definition) is 2. The zero-order valence-corrected chi connectivity index (χ0v) is 12.6. The monoisotopic (exact) mass is 304 g/mol. The summed E-state index contributed by atoms with van der Waals surface area (Å²) in [5.74, 6) is 0.835. The molecule has 6 heteroatoms. The molecule has 0 aromatic carbocycles. The first-order valence-electron chi connectivity index (χ1n) is 7.56. The molecule has 3 aliphatic rings. The van der Waals surface area contributed by atoms with Crippen molar-refractivity contribution in [3.8, 4) is 0 Å². The molecule has 20 heavy (non-hydrogen) atoms. The number of carbonyl (C=O) groups is 1. The predicted molar refractivity (Wildman–Crippen MR) is 78.1 cm³/mol. The molecule has 1 saturated carbocycles. The summed E-state index contributed by atoms with van der Waals surface area (Å²) in [6, 6.07) is 0.566. The van der Waals surface area contributed by atoms with Crippen LogP contribution >= 0.6 is 12.4 Å². The molecule has 2 heterocycles. The summed E-state index contributed by atoms with van der Waals surface area (Å²) in [7, 11) is 0. The Bertz CT molecular complexity index is 310. The second-order valence-corrected chi connectivity index (χ2v) is 5.92. The highest BCUT2D eigenvalue weighted by Gasteiger charge is 2.38. The van der Waals surface area contributed by atoms with E-state index in [9.17, 15) is 4.79 Å². The van der Waals surface area contributed by atoms with Crippen molar-refractivity contribution in [1.82, 2.24) is 10.6 Å². The van der Waals surface area contributed by atoms with Gasteiger partial charge < -0.3 is 20.1 Å². The highest BCUT2D eigenvalue weighted by molar-refractivity contribution is 5.85. The van der Waals surface area contributed by atoms with Crippen LogP contribution < -0.4 is 10.6 Å². The third kappa shape index (κ3) is 3.85. The number of carbonyl (C=O) groups excluding carboxylic acids is 1. The number of fused-ring (bicyclic) bond motifs is 1. The van der Waals surface area contributed by atoms with E-state index in [2.05, 4.69) is 10.6 Å². The number of ether oxygens (including phenoxy) is 2. The Morgan fingerprint density at radius 1 is 1.25 bits per heavy atom. The standard InChI is InChI=1S/C14H24N2O3.ClH/c17-14(15-8-11-9-18-5-6-19-11)13-7-10-3-1-2-4-12(10)16-13;/h10-13,16H,1-9H2,(H,15,17);1H. The minimum absolute atomic E-state index is 0. The van der Waals surface area contributed by atoms with Gasteiger partial charge in [-0.3, -0.25) is 4.79 Å². The van der Waals surface area contributed by atoms with E-state index in [1.54, 1.807) is 0 Å². The van der Waals surface area contributed by atoms with Gasteiger partial charge >= 0.3 is 0 Å². The minimum atomic E-state index is -0.00221. The maximum absolute atomic E-state index is 12.2. The number of rotatable bonds is 3. The maximum Gasteiger partial charge on any atom is 0.237 e. The van der Waals surface area contributed by atoms with Gasteiger partial charge in [-0.15, -0.1) is 12.4 Å². The van der Waals surface area contributed by atoms with Gasteiger partial charge in [0.15, 0.2) is 0 Å². The Morgan fingerprint density at radius 2 is 2.10 bits per heavy atom. The molecule has 4 atom stereocenters. The van der Waals surface area contributed by atoms with Gasteiger partial charge in [0.05, 0.1) is 32.0 Å². The van der Waals surface area contributed by atoms with Gasteiger partial charge in [-0.2, -0.15) is 0 Å². The lowest BCUT2D eigenvalue weighted by Gasteiger charge is -2.24. The van der Waals surface area contributed by atoms with Crippen molar-refractivity contribution in [1.29, 1.82) is 0 Å². The van der Waals surface area contributed by atoms with Crippen LogP contribution in [0.15, 0.2) is 0 Å². The molecule has 5 nitrogen and oxygen atoms in total. The molecule has 0 aromatic rings. The summed E-state index contributed by atoms with van der Waals surface area (Å²) in [6.07, 6.45) is 6.15. The zero-order chi connectivity index (χ0) is 13.1. The minimum Gasteiger partial charge on any atom is -0.376 e. The molecule has 2 aliphatic heterocycles. The molecule has 2 N–H and O–H groups in total. The molecule has 4 unspecified atom stereocenters. The van der Waals surface area contributed by atoms with Gasteiger partial charge in [-0.25, -0.2) is 0 Å². The Hall–Kier alpha value is -0.360.